The van der Waals surface area contributed by atoms with Crippen LogP contribution in [0.25, 0.3) is 0 Å². The Morgan fingerprint density at radius 2 is 2.05 bits per heavy atom. The molecule has 0 atom stereocenters. The summed E-state index contributed by atoms with van der Waals surface area (Å²) in [6.07, 6.45) is 4.91. The van der Waals surface area contributed by atoms with Crippen molar-refractivity contribution >= 4 is 25.1 Å². The second-order valence-electron chi connectivity index (χ2n) is 6.60. The third-order valence-corrected chi connectivity index (χ3v) is 5.46. The molecule has 0 amide bonds. The molecule has 0 unspecified atom stereocenters. The summed E-state index contributed by atoms with van der Waals surface area (Å²) in [4.78, 5) is 1.48. The number of hydrogen-bond donors (Lipinski definition) is 1. The van der Waals surface area contributed by atoms with E-state index in [9.17, 15) is 0 Å². The van der Waals surface area contributed by atoms with Crippen molar-refractivity contribution in [1.82, 2.24) is 5.32 Å². The monoisotopic (exact) mass is 299 g/mol. The van der Waals surface area contributed by atoms with E-state index >= 15 is 0 Å². The molecule has 1 aliphatic rings. The normalized spacial score (nSPS) is 16.8. The van der Waals surface area contributed by atoms with Gasteiger partial charge in [0.05, 0.1) is 0 Å². The highest BCUT2D eigenvalue weighted by Gasteiger charge is 2.27. The van der Waals surface area contributed by atoms with E-state index in [0.29, 0.717) is 0 Å². The molecule has 0 heterocycles. The Bertz CT molecular complexity index is 524. The molecule has 1 nitrogen and oxygen atoms in total. The first-order valence-corrected chi connectivity index (χ1v) is 8.93. The number of hydrogen-bond acceptors (Lipinski definition) is 2. The zero-order valence-corrected chi connectivity index (χ0v) is 14.7. The second-order valence-corrected chi connectivity index (χ2v) is 7.50. The van der Waals surface area contributed by atoms with Gasteiger partial charge in [-0.2, -0.15) is 0 Å². The summed E-state index contributed by atoms with van der Waals surface area (Å²) in [5.41, 5.74) is 4.79. The van der Waals surface area contributed by atoms with E-state index in [1.807, 2.05) is 23.9 Å². The number of allylic oxidation sites excluding steroid dienone is 1. The molecule has 21 heavy (non-hydrogen) atoms. The van der Waals surface area contributed by atoms with Crippen LogP contribution in [-0.2, 0) is 5.54 Å². The van der Waals surface area contributed by atoms with Crippen LogP contribution in [0.15, 0.2) is 28.7 Å². The fraction of sp³-hybridized carbons (Fsp3) is 0.556. The van der Waals surface area contributed by atoms with Gasteiger partial charge in [-0.3, -0.25) is 0 Å². The maximum atomic E-state index is 6.21. The van der Waals surface area contributed by atoms with Crippen molar-refractivity contribution in [1.29, 1.82) is 0 Å². The van der Waals surface area contributed by atoms with E-state index in [2.05, 4.69) is 45.3 Å². The van der Waals surface area contributed by atoms with Crippen molar-refractivity contribution in [2.75, 3.05) is 12.8 Å². The molecule has 1 aromatic rings. The fourth-order valence-corrected chi connectivity index (χ4v) is 3.76. The lowest BCUT2D eigenvalue weighted by Gasteiger charge is -2.31. The summed E-state index contributed by atoms with van der Waals surface area (Å²) in [6, 6.07) is 6.15. The van der Waals surface area contributed by atoms with Gasteiger partial charge in [0.15, 0.2) is 0 Å². The maximum absolute atomic E-state index is 6.21. The third kappa shape index (κ3) is 3.95. The van der Waals surface area contributed by atoms with Gasteiger partial charge in [-0.15, -0.1) is 11.8 Å². The van der Waals surface area contributed by atoms with Crippen molar-refractivity contribution in [3.8, 4) is 0 Å². The van der Waals surface area contributed by atoms with Gasteiger partial charge in [-0.1, -0.05) is 29.2 Å². The summed E-state index contributed by atoms with van der Waals surface area (Å²) >= 11 is 1.88. The molecule has 1 fully saturated rings. The highest BCUT2D eigenvalue weighted by Crippen LogP contribution is 2.39. The number of nitrogens with one attached hydrogen (secondary N) is 1. The first-order chi connectivity index (χ1) is 9.86. The van der Waals surface area contributed by atoms with Crippen LogP contribution in [-0.4, -0.2) is 20.6 Å². The van der Waals surface area contributed by atoms with Gasteiger partial charge in [0.25, 0.3) is 0 Å². The van der Waals surface area contributed by atoms with Crippen LogP contribution < -0.4 is 10.8 Å². The van der Waals surface area contributed by atoms with Crippen molar-refractivity contribution in [3.63, 3.8) is 0 Å². The summed E-state index contributed by atoms with van der Waals surface area (Å²) in [5.74, 6) is 0.834. The van der Waals surface area contributed by atoms with Crippen molar-refractivity contribution in [2.24, 2.45) is 5.92 Å². The number of aryl methyl sites for hydroxylation is 1. The third-order valence-electron chi connectivity index (χ3n) is 4.50. The molecule has 0 spiro atoms. The summed E-state index contributed by atoms with van der Waals surface area (Å²) in [5, 5.41) is 3.71. The Morgan fingerprint density at radius 3 is 2.57 bits per heavy atom. The average Bonchev–Trinajstić information content (AvgIpc) is 3.22. The highest BCUT2D eigenvalue weighted by molar-refractivity contribution is 8.02. The lowest BCUT2D eigenvalue weighted by Crippen LogP contribution is -2.42. The quantitative estimate of drug-likeness (QED) is 0.805. The van der Waals surface area contributed by atoms with Crippen molar-refractivity contribution < 1.29 is 0 Å². The van der Waals surface area contributed by atoms with E-state index in [0.717, 1.165) is 17.9 Å². The van der Waals surface area contributed by atoms with E-state index in [1.165, 1.54) is 28.9 Å². The molecule has 0 aromatic heterocycles. The Hall–Kier alpha value is -0.665. The molecular formula is C18H26BNS. The summed E-state index contributed by atoms with van der Waals surface area (Å²) < 4.78 is 0. The molecule has 1 aliphatic carbocycles. The topological polar surface area (TPSA) is 12.0 Å². The molecule has 0 saturated heterocycles. The van der Waals surface area contributed by atoms with E-state index in [-0.39, 0.29) is 5.54 Å². The van der Waals surface area contributed by atoms with Crippen LogP contribution in [0.2, 0.25) is 0 Å². The Labute approximate surface area is 135 Å². The van der Waals surface area contributed by atoms with Gasteiger partial charge < -0.3 is 5.32 Å². The molecule has 0 bridgehead atoms. The lowest BCUT2D eigenvalue weighted by atomic mass is 9.79. The van der Waals surface area contributed by atoms with Gasteiger partial charge in [-0.25, -0.2) is 0 Å². The standard InChI is InChI=1S/C18H26BNS/c1-12-7-6-8-15(19)17(12)18(3,4)20-11-16(21-5)13(2)14-9-10-14/h6-8,14,20H,9-11H2,1-5H3/b16-13+. The summed E-state index contributed by atoms with van der Waals surface area (Å²) in [7, 11) is 6.21. The average molecular weight is 299 g/mol. The smallest absolute Gasteiger partial charge is 0.114 e. The number of rotatable bonds is 6. The molecule has 1 aromatic carbocycles. The maximum Gasteiger partial charge on any atom is 0.114 e. The number of benzene rings is 1. The molecular weight excluding hydrogens is 273 g/mol. The molecule has 3 heteroatoms. The van der Waals surface area contributed by atoms with Crippen molar-refractivity contribution in [2.45, 2.75) is 46.1 Å². The molecule has 2 radical (unpaired) electrons. The van der Waals surface area contributed by atoms with Crippen LogP contribution in [0, 0.1) is 12.8 Å². The Kier molecular flexibility index (Phi) is 5.26. The van der Waals surface area contributed by atoms with E-state index in [4.69, 9.17) is 7.85 Å². The van der Waals surface area contributed by atoms with Gasteiger partial charge in [0, 0.05) is 12.1 Å². The van der Waals surface area contributed by atoms with Crippen molar-refractivity contribution in [3.05, 3.63) is 39.8 Å². The number of thioether (sulfide) groups is 1. The minimum Gasteiger partial charge on any atom is -0.303 e. The van der Waals surface area contributed by atoms with Crippen LogP contribution in [0.3, 0.4) is 0 Å². The lowest BCUT2D eigenvalue weighted by molar-refractivity contribution is 0.424. The predicted molar refractivity (Wildman–Crippen MR) is 96.5 cm³/mol. The molecule has 112 valence electrons. The first-order valence-electron chi connectivity index (χ1n) is 7.71. The Morgan fingerprint density at radius 1 is 1.38 bits per heavy atom. The van der Waals surface area contributed by atoms with Gasteiger partial charge in [0.2, 0.25) is 0 Å². The minimum atomic E-state index is -0.125. The Balaban J connectivity index is 2.15. The van der Waals surface area contributed by atoms with E-state index < -0.39 is 0 Å². The van der Waals surface area contributed by atoms with Gasteiger partial charge >= 0.3 is 0 Å². The van der Waals surface area contributed by atoms with Crippen LogP contribution >= 0.6 is 11.8 Å². The van der Waals surface area contributed by atoms with Gasteiger partial charge in [-0.05, 0) is 68.7 Å². The summed E-state index contributed by atoms with van der Waals surface area (Å²) in [6.45, 7) is 9.78. The predicted octanol–water partition coefficient (Wildman–Crippen LogP) is 3.66. The largest absolute Gasteiger partial charge is 0.303 e. The van der Waals surface area contributed by atoms with Gasteiger partial charge in [0.1, 0.15) is 7.85 Å². The molecule has 0 aliphatic heterocycles. The molecule has 1 N–H and O–H groups in total. The zero-order chi connectivity index (χ0) is 15.6. The second kappa shape index (κ2) is 6.62. The minimum absolute atomic E-state index is 0.125. The molecule has 1 saturated carbocycles. The zero-order valence-electron chi connectivity index (χ0n) is 13.9. The van der Waals surface area contributed by atoms with E-state index in [1.54, 1.807) is 5.57 Å². The van der Waals surface area contributed by atoms with Crippen LogP contribution in [0.5, 0.6) is 0 Å². The van der Waals surface area contributed by atoms with Crippen LogP contribution in [0.4, 0.5) is 0 Å². The SMILES string of the molecule is [B]c1cccc(C)c1C(C)(C)NC/C(SC)=C(/C)C1CC1. The highest BCUT2D eigenvalue weighted by atomic mass is 32.2. The fourth-order valence-electron chi connectivity index (χ4n) is 3.05. The van der Waals surface area contributed by atoms with Crippen LogP contribution in [0.1, 0.15) is 44.7 Å². The molecule has 2 rings (SSSR count). The first kappa shape index (κ1) is 16.7.